The third-order valence-electron chi connectivity index (χ3n) is 15.3. The molecule has 0 saturated carbocycles. The number of aliphatic hydroxyl groups excluding tert-OH is 2. The number of hydrogen-bond donors (Lipinski definition) is 9. The third kappa shape index (κ3) is 16.5. The fourth-order valence-corrected chi connectivity index (χ4v) is 10.8. The van der Waals surface area contributed by atoms with E-state index in [1.165, 1.54) is 0 Å². The molecule has 3 heterocycles. The first-order valence-electron chi connectivity index (χ1n) is 29.0. The van der Waals surface area contributed by atoms with Crippen molar-refractivity contribution in [2.45, 2.75) is 67.3 Å². The van der Waals surface area contributed by atoms with Crippen LogP contribution in [0.25, 0.3) is 0 Å². The van der Waals surface area contributed by atoms with Gasteiger partial charge in [0.15, 0.2) is 6.10 Å². The maximum absolute atomic E-state index is 13.4. The van der Waals surface area contributed by atoms with Crippen molar-refractivity contribution in [1.82, 2.24) is 10.6 Å². The molecule has 20 heteroatoms. The van der Waals surface area contributed by atoms with Gasteiger partial charge >= 0.3 is 5.97 Å². The van der Waals surface area contributed by atoms with Crippen molar-refractivity contribution < 1.29 is 63.1 Å². The van der Waals surface area contributed by atoms with Crippen LogP contribution in [0.4, 0.5) is 0 Å². The zero-order chi connectivity index (χ0) is 64.6. The van der Waals surface area contributed by atoms with E-state index in [0.717, 1.165) is 27.8 Å². The van der Waals surface area contributed by atoms with Gasteiger partial charge in [0.25, 0.3) is 5.91 Å². The van der Waals surface area contributed by atoms with E-state index in [1.807, 2.05) is 200 Å². The Bertz CT molecular complexity index is 3930. The summed E-state index contributed by atoms with van der Waals surface area (Å²) in [5.74, 6) is -3.50. The number of amides is 5. The maximum Gasteiger partial charge on any atom is 0.315 e. The van der Waals surface area contributed by atoms with E-state index >= 15 is 0 Å². The monoisotopic (exact) mass is 1260 g/mol. The summed E-state index contributed by atoms with van der Waals surface area (Å²) >= 11 is 0. The molecule has 5 unspecified atom stereocenters. The Morgan fingerprint density at radius 1 is 0.380 bits per heavy atom. The molecule has 92 heavy (non-hydrogen) atoms. The van der Waals surface area contributed by atoms with Crippen LogP contribution in [0.1, 0.15) is 67.8 Å². The Morgan fingerprint density at radius 2 is 0.663 bits per heavy atom. The van der Waals surface area contributed by atoms with E-state index in [2.05, 4.69) is 10.6 Å². The number of benzene rings is 9. The molecule has 0 radical (unpaired) electrons. The van der Waals surface area contributed by atoms with Crippen molar-refractivity contribution in [3.8, 4) is 34.5 Å². The van der Waals surface area contributed by atoms with E-state index in [1.54, 1.807) is 36.4 Å². The maximum atomic E-state index is 13.4. The lowest BCUT2D eigenvalue weighted by atomic mass is 9.86. The predicted molar refractivity (Wildman–Crippen MR) is 346 cm³/mol. The van der Waals surface area contributed by atoms with Gasteiger partial charge in [-0.15, -0.1) is 12.4 Å². The third-order valence-corrected chi connectivity index (χ3v) is 15.3. The molecule has 9 aromatic rings. The van der Waals surface area contributed by atoms with Crippen molar-refractivity contribution in [2.75, 3.05) is 0 Å². The predicted octanol–water partition coefficient (Wildman–Crippen LogP) is 8.04. The average Bonchev–Trinajstić information content (AvgIpc) is 0.806. The highest BCUT2D eigenvalue weighted by molar-refractivity contribution is 6.38. The van der Waals surface area contributed by atoms with Gasteiger partial charge in [-0.05, 0) is 65.9 Å². The molecule has 9 aromatic carbocycles. The smallest absolute Gasteiger partial charge is 0.315 e. The molecule has 0 bridgehead atoms. The van der Waals surface area contributed by atoms with E-state index in [9.17, 15) is 48.9 Å². The number of hydrogen-bond acceptors (Lipinski definition) is 13. The molecule has 3 aliphatic heterocycles. The summed E-state index contributed by atoms with van der Waals surface area (Å²) in [4.78, 5) is 84.6. The summed E-state index contributed by atoms with van der Waals surface area (Å²) in [6.45, 7) is 0. The Morgan fingerprint density at radius 3 is 0.978 bits per heavy atom. The number of nitrogens with one attached hydrogen (secondary N) is 2. The van der Waals surface area contributed by atoms with Crippen molar-refractivity contribution in [1.29, 1.82) is 0 Å². The number of carboxylic acid groups (broad SMARTS) is 1. The number of aliphatic hydroxyl groups is 2. The van der Waals surface area contributed by atoms with Crippen LogP contribution in [0, 0.1) is 0 Å². The highest BCUT2D eigenvalue weighted by Crippen LogP contribution is 2.46. The summed E-state index contributed by atoms with van der Waals surface area (Å²) in [6.07, 6.45) is -1.93. The second kappa shape index (κ2) is 31.5. The fraction of sp³-hybridized carbons (Fsp3) is 0.153. The summed E-state index contributed by atoms with van der Waals surface area (Å²) in [6, 6.07) is 69.0. The van der Waals surface area contributed by atoms with Gasteiger partial charge in [0.2, 0.25) is 29.4 Å². The van der Waals surface area contributed by atoms with Gasteiger partial charge in [0.05, 0.1) is 17.9 Å². The Hall–Kier alpha value is -11.0. The number of rotatable bonds is 17. The summed E-state index contributed by atoms with van der Waals surface area (Å²) in [5, 5.41) is 34.6. The van der Waals surface area contributed by atoms with Crippen LogP contribution < -0.4 is 47.8 Å². The molecule has 0 aliphatic carbocycles. The summed E-state index contributed by atoms with van der Waals surface area (Å²) < 4.78 is 17.6. The summed E-state index contributed by atoms with van der Waals surface area (Å²) in [7, 11) is 0. The van der Waals surface area contributed by atoms with Crippen molar-refractivity contribution in [3.63, 3.8) is 0 Å². The molecular formula is C72H67ClN6O13. The number of ketones is 1. The summed E-state index contributed by atoms with van der Waals surface area (Å²) in [5.41, 5.74) is 28.0. The second-order valence-electron chi connectivity index (χ2n) is 21.5. The number of carbonyl (C=O) groups is 7. The first kappa shape index (κ1) is 67.0. The highest BCUT2D eigenvalue weighted by Gasteiger charge is 2.38. The number of carbonyl (C=O) groups excluding carboxylic acids is 6. The van der Waals surface area contributed by atoms with Crippen molar-refractivity contribution >= 4 is 53.7 Å². The molecule has 0 saturated heterocycles. The first-order valence-corrected chi connectivity index (χ1v) is 29.0. The molecular weight excluding hydrogens is 1190 g/mol. The quantitative estimate of drug-likeness (QED) is 0.0390. The molecule has 5 atom stereocenters. The molecule has 0 aromatic heterocycles. The fourth-order valence-electron chi connectivity index (χ4n) is 10.8. The van der Waals surface area contributed by atoms with Gasteiger partial charge in [-0.2, -0.15) is 0 Å². The number of Topliss-reactive ketones (excluding diaryl/α,β-unsaturated/α-hetero) is 1. The molecule has 470 valence electrons. The van der Waals surface area contributed by atoms with Gasteiger partial charge in [0.1, 0.15) is 52.6 Å². The topological polar surface area (TPSA) is 336 Å². The number of nitrogens with two attached hydrogens (primary N) is 4. The zero-order valence-electron chi connectivity index (χ0n) is 49.4. The lowest BCUT2D eigenvalue weighted by molar-refractivity contribution is -0.138. The normalized spacial score (nSPS) is 13.8. The molecule has 12 rings (SSSR count). The SMILES string of the molecule is Cl.NC(=O)C(=O)C(Cc1ccccc1)NC(=O)C1c2ccccc2Oc2ccccc21.NC(=O)C(O)C(Cc1ccccc1)NC(=O)C1c2ccccc2Oc2ccccc21.NC(=O)C(O)C(N)Cc1ccccc1.O=C(O)C1c2ccccc2Oc2ccccc21. The van der Waals surface area contributed by atoms with Crippen LogP contribution >= 0.6 is 12.4 Å². The van der Waals surface area contributed by atoms with E-state index in [4.69, 9.17) is 37.1 Å². The lowest BCUT2D eigenvalue weighted by Crippen LogP contribution is -2.51. The van der Waals surface area contributed by atoms with Crippen LogP contribution in [0.15, 0.2) is 237 Å². The van der Waals surface area contributed by atoms with E-state index in [-0.39, 0.29) is 31.2 Å². The van der Waals surface area contributed by atoms with Crippen LogP contribution in [0.3, 0.4) is 0 Å². The minimum atomic E-state index is -1.51. The molecule has 13 N–H and O–H groups in total. The largest absolute Gasteiger partial charge is 0.481 e. The van der Waals surface area contributed by atoms with E-state index < -0.39 is 83.5 Å². The first-order chi connectivity index (χ1) is 44.0. The number of aliphatic carboxylic acids is 1. The average molecular weight is 1260 g/mol. The number of fused-ring (bicyclic) bond motifs is 6. The van der Waals surface area contributed by atoms with Crippen LogP contribution in [-0.2, 0) is 52.8 Å². The number of halogens is 1. The molecule has 3 aliphatic rings. The number of para-hydroxylation sites is 6. The van der Waals surface area contributed by atoms with Gasteiger partial charge < -0.3 is 63.1 Å². The van der Waals surface area contributed by atoms with Gasteiger partial charge in [0, 0.05) is 45.8 Å². The van der Waals surface area contributed by atoms with Crippen LogP contribution in [-0.4, -0.2) is 86.9 Å². The van der Waals surface area contributed by atoms with E-state index in [0.29, 0.717) is 63.2 Å². The van der Waals surface area contributed by atoms with Gasteiger partial charge in [-0.25, -0.2) is 0 Å². The second-order valence-corrected chi connectivity index (χ2v) is 21.5. The Labute approximate surface area is 536 Å². The van der Waals surface area contributed by atoms with Crippen molar-refractivity contribution in [3.05, 3.63) is 287 Å². The van der Waals surface area contributed by atoms with Crippen molar-refractivity contribution in [2.24, 2.45) is 22.9 Å². The Balaban J connectivity index is 0.000000165. The number of carboxylic acids is 1. The minimum absolute atomic E-state index is 0. The molecule has 0 fully saturated rings. The van der Waals surface area contributed by atoms with Gasteiger partial charge in [-0.1, -0.05) is 200 Å². The Kier molecular flexibility index (Phi) is 22.9. The van der Waals surface area contributed by atoms with Crippen LogP contribution in [0.5, 0.6) is 34.5 Å². The van der Waals surface area contributed by atoms with Gasteiger partial charge in [-0.3, -0.25) is 33.6 Å². The molecule has 19 nitrogen and oxygen atoms in total. The lowest BCUT2D eigenvalue weighted by Gasteiger charge is -2.30. The number of primary amides is 3. The highest BCUT2D eigenvalue weighted by atomic mass is 35.5. The van der Waals surface area contributed by atoms with Crippen LogP contribution in [0.2, 0.25) is 0 Å². The molecule has 5 amide bonds. The minimum Gasteiger partial charge on any atom is -0.481 e. The number of ether oxygens (including phenoxy) is 3. The zero-order valence-corrected chi connectivity index (χ0v) is 50.2. The standard InChI is InChI=1S/C24H22N2O4.C24H20N2O4.C14H10O3.C10H14N2O2.ClH/c2*25-23(28)22(27)18(14-15-8-2-1-3-9-15)26-24(29)21-16-10-4-6-12-19(16)30-20-13-7-5-11-17(20)21;15-14(16)13-9-5-1-3-7-11(9)17-12-8-4-2-6-10(12)13;11-8(9(13)10(12)14)6-7-4-2-1-3-5-7;/h1-13,18,21-22,27H,14H2,(H2,25,28)(H,26,29);1-13,18,21H,14H2,(H2,25,28)(H,26,29);1-8,13H,(H,15,16);1-5,8-9,13H,6,11H2,(H2,12,14);1H. The molecule has 0 spiro atoms.